The van der Waals surface area contributed by atoms with E-state index in [2.05, 4.69) is 176 Å². The number of hydrogen-bond acceptors (Lipinski definition) is 4. The van der Waals surface area contributed by atoms with Gasteiger partial charge in [0.1, 0.15) is 0 Å². The van der Waals surface area contributed by atoms with E-state index in [1.54, 1.807) is 0 Å². The van der Waals surface area contributed by atoms with Crippen LogP contribution in [0.5, 0.6) is 0 Å². The molecule has 4 heteroatoms. The van der Waals surface area contributed by atoms with Crippen molar-refractivity contribution in [3.05, 3.63) is 212 Å². The lowest BCUT2D eigenvalue weighted by Crippen LogP contribution is -2.00. The van der Waals surface area contributed by atoms with Gasteiger partial charge in [0.15, 0.2) is 17.5 Å². The second kappa shape index (κ2) is 14.5. The Kier molecular flexibility index (Phi) is 8.36. The quantitative estimate of drug-likeness (QED) is 0.157. The molecule has 10 aromatic carbocycles. The van der Waals surface area contributed by atoms with Gasteiger partial charge in [0.2, 0.25) is 0 Å². The van der Waals surface area contributed by atoms with Gasteiger partial charge in [-0.05, 0) is 102 Å². The van der Waals surface area contributed by atoms with Crippen LogP contribution in [0.3, 0.4) is 0 Å². The first-order valence-electron chi connectivity index (χ1n) is 20.6. The lowest BCUT2D eigenvalue weighted by molar-refractivity contribution is 1.07. The highest BCUT2D eigenvalue weighted by molar-refractivity contribution is 7.26. The fourth-order valence-electron chi connectivity index (χ4n) is 8.98. The average Bonchev–Trinajstić information content (AvgIpc) is 3.73. The summed E-state index contributed by atoms with van der Waals surface area (Å²) in [7, 11) is 0. The molecule has 0 aliphatic carbocycles. The summed E-state index contributed by atoms with van der Waals surface area (Å²) in [5.41, 5.74) is 9.87. The molecule has 61 heavy (non-hydrogen) atoms. The first-order valence-corrected chi connectivity index (χ1v) is 21.4. The molecule has 0 aliphatic rings. The molecule has 2 heterocycles. The van der Waals surface area contributed by atoms with Crippen LogP contribution in [0.1, 0.15) is 0 Å². The van der Waals surface area contributed by atoms with Crippen LogP contribution in [-0.2, 0) is 0 Å². The molecule has 0 radical (unpaired) electrons. The van der Waals surface area contributed by atoms with Crippen molar-refractivity contribution in [3.8, 4) is 67.5 Å². The lowest BCUT2D eigenvalue weighted by atomic mass is 9.91. The molecule has 3 nitrogen and oxygen atoms in total. The van der Waals surface area contributed by atoms with Gasteiger partial charge in [0.25, 0.3) is 0 Å². The number of nitrogens with zero attached hydrogens (tertiary/aromatic N) is 3. The molecule has 0 atom stereocenters. The minimum atomic E-state index is 0.647. The molecular formula is C57H35N3S. The van der Waals surface area contributed by atoms with Crippen molar-refractivity contribution in [2.75, 3.05) is 0 Å². The summed E-state index contributed by atoms with van der Waals surface area (Å²) < 4.78 is 2.45. The van der Waals surface area contributed by atoms with Crippen molar-refractivity contribution in [3.63, 3.8) is 0 Å². The highest BCUT2D eigenvalue weighted by atomic mass is 32.1. The van der Waals surface area contributed by atoms with E-state index in [0.29, 0.717) is 17.5 Å². The van der Waals surface area contributed by atoms with Crippen molar-refractivity contribution in [2.24, 2.45) is 0 Å². The number of rotatable bonds is 6. The van der Waals surface area contributed by atoms with Gasteiger partial charge in [-0.25, -0.2) is 15.0 Å². The van der Waals surface area contributed by atoms with E-state index in [1.165, 1.54) is 69.2 Å². The normalized spacial score (nSPS) is 11.6. The molecule has 0 bridgehead atoms. The summed E-state index contributed by atoms with van der Waals surface area (Å²) in [6.45, 7) is 0. The van der Waals surface area contributed by atoms with E-state index in [9.17, 15) is 0 Å². The van der Waals surface area contributed by atoms with Crippen molar-refractivity contribution in [2.45, 2.75) is 0 Å². The first kappa shape index (κ1) is 35.2. The third-order valence-electron chi connectivity index (χ3n) is 11.9. The minimum absolute atomic E-state index is 0.647. The van der Waals surface area contributed by atoms with Gasteiger partial charge in [0, 0.05) is 36.9 Å². The summed E-state index contributed by atoms with van der Waals surface area (Å²) in [6.07, 6.45) is 0. The van der Waals surface area contributed by atoms with Gasteiger partial charge in [-0.3, -0.25) is 0 Å². The molecule has 0 N–H and O–H groups in total. The Morgan fingerprint density at radius 3 is 1.26 bits per heavy atom. The van der Waals surface area contributed by atoms with Gasteiger partial charge in [0.05, 0.1) is 0 Å². The molecule has 0 amide bonds. The maximum atomic E-state index is 5.13. The Bertz CT molecular complexity index is 3560. The van der Waals surface area contributed by atoms with Gasteiger partial charge in [-0.2, -0.15) is 0 Å². The monoisotopic (exact) mass is 793 g/mol. The Morgan fingerprint density at radius 2 is 0.672 bits per heavy atom. The molecule has 0 fully saturated rings. The van der Waals surface area contributed by atoms with E-state index in [1.807, 2.05) is 47.7 Å². The zero-order valence-electron chi connectivity index (χ0n) is 33.0. The van der Waals surface area contributed by atoms with Crippen molar-refractivity contribution in [1.82, 2.24) is 15.0 Å². The van der Waals surface area contributed by atoms with Crippen LogP contribution in [0.25, 0.3) is 120 Å². The standard InChI is InChI=1S/C57H35N3S/c1-3-15-36(16-4-1)55-58-56(37-17-5-2-6-18-37)60-57(59-55)43-34-50(54-49-27-11-12-28-52(49)61-53(54)35-43)42-22-14-21-40(32-42)38-19-13-20-39(31-38)41-29-30-48-46-25-8-7-23-44(46)45-24-9-10-26-47(45)51(48)33-41/h1-35H. The second-order valence-corrected chi connectivity index (χ2v) is 16.6. The molecule has 0 spiro atoms. The highest BCUT2D eigenvalue weighted by Gasteiger charge is 2.18. The van der Waals surface area contributed by atoms with Crippen LogP contribution in [0, 0.1) is 0 Å². The minimum Gasteiger partial charge on any atom is -0.208 e. The summed E-state index contributed by atoms with van der Waals surface area (Å²) in [5, 5.41) is 10.2. The summed E-state index contributed by atoms with van der Waals surface area (Å²) in [5.74, 6) is 1.95. The van der Waals surface area contributed by atoms with Gasteiger partial charge in [-0.1, -0.05) is 176 Å². The maximum absolute atomic E-state index is 5.13. The Balaban J connectivity index is 1.00. The Labute approximate surface area is 356 Å². The van der Waals surface area contributed by atoms with Crippen molar-refractivity contribution >= 4 is 63.8 Å². The number of fused-ring (bicyclic) bond motifs is 9. The highest BCUT2D eigenvalue weighted by Crippen LogP contribution is 2.44. The van der Waals surface area contributed by atoms with Crippen LogP contribution in [0.15, 0.2) is 212 Å². The largest absolute Gasteiger partial charge is 0.208 e. The van der Waals surface area contributed by atoms with Crippen molar-refractivity contribution in [1.29, 1.82) is 0 Å². The van der Waals surface area contributed by atoms with E-state index in [0.717, 1.165) is 33.4 Å². The predicted molar refractivity (Wildman–Crippen MR) is 258 cm³/mol. The molecule has 0 saturated heterocycles. The van der Waals surface area contributed by atoms with Gasteiger partial charge in [-0.15, -0.1) is 11.3 Å². The molecule has 0 saturated carbocycles. The van der Waals surface area contributed by atoms with Gasteiger partial charge >= 0.3 is 0 Å². The molecule has 284 valence electrons. The Hall–Kier alpha value is -7.79. The van der Waals surface area contributed by atoms with Crippen LogP contribution in [0.2, 0.25) is 0 Å². The number of benzene rings is 10. The second-order valence-electron chi connectivity index (χ2n) is 15.5. The molecule has 2 aromatic heterocycles. The molecule has 0 unspecified atom stereocenters. The van der Waals surface area contributed by atoms with E-state index >= 15 is 0 Å². The van der Waals surface area contributed by atoms with E-state index < -0.39 is 0 Å². The summed E-state index contributed by atoms with van der Waals surface area (Å²) in [4.78, 5) is 15.2. The molecular weight excluding hydrogens is 759 g/mol. The lowest BCUT2D eigenvalue weighted by Gasteiger charge is -2.13. The third-order valence-corrected chi connectivity index (χ3v) is 13.0. The molecule has 12 aromatic rings. The number of hydrogen-bond donors (Lipinski definition) is 0. The van der Waals surface area contributed by atoms with Crippen LogP contribution in [-0.4, -0.2) is 15.0 Å². The van der Waals surface area contributed by atoms with E-state index in [-0.39, 0.29) is 0 Å². The van der Waals surface area contributed by atoms with Gasteiger partial charge < -0.3 is 0 Å². The maximum Gasteiger partial charge on any atom is 0.164 e. The third kappa shape index (κ3) is 6.16. The average molecular weight is 794 g/mol. The topological polar surface area (TPSA) is 38.7 Å². The number of thiophene rings is 1. The fourth-order valence-corrected chi connectivity index (χ4v) is 10.2. The predicted octanol–water partition coefficient (Wildman–Crippen LogP) is 15.7. The SMILES string of the molecule is c1ccc(-c2nc(-c3ccccc3)nc(-c3cc(-c4cccc(-c5cccc(-c6ccc7c8ccccc8c8ccccc8c7c6)c5)c4)c4c(c3)sc3ccccc34)n2)cc1. The Morgan fingerprint density at radius 1 is 0.246 bits per heavy atom. The smallest absolute Gasteiger partial charge is 0.164 e. The summed E-state index contributed by atoms with van der Waals surface area (Å²) in [6, 6.07) is 76.0. The van der Waals surface area contributed by atoms with Crippen LogP contribution >= 0.6 is 11.3 Å². The zero-order chi connectivity index (χ0) is 40.3. The zero-order valence-corrected chi connectivity index (χ0v) is 33.8. The van der Waals surface area contributed by atoms with Crippen LogP contribution < -0.4 is 0 Å². The summed E-state index contributed by atoms with van der Waals surface area (Å²) >= 11 is 1.81. The fraction of sp³-hybridized carbons (Fsp3) is 0. The molecule has 0 aliphatic heterocycles. The van der Waals surface area contributed by atoms with E-state index in [4.69, 9.17) is 15.0 Å². The van der Waals surface area contributed by atoms with Crippen LogP contribution in [0.4, 0.5) is 0 Å². The number of aromatic nitrogens is 3. The first-order chi connectivity index (χ1) is 30.2. The molecule has 12 rings (SSSR count). The van der Waals surface area contributed by atoms with Crippen molar-refractivity contribution < 1.29 is 0 Å².